The van der Waals surface area contributed by atoms with Crippen molar-refractivity contribution in [3.63, 3.8) is 0 Å². The molecule has 0 N–H and O–H groups in total. The van der Waals surface area contributed by atoms with Crippen LogP contribution in [0, 0.1) is 6.92 Å². The van der Waals surface area contributed by atoms with Crippen molar-refractivity contribution in [3.05, 3.63) is 65.5 Å². The van der Waals surface area contributed by atoms with E-state index < -0.39 is 0 Å². The molecule has 0 radical (unpaired) electrons. The standard InChI is InChI=1S/C20H20N6O2S/c1-13-4-8-16(9-5-13)19-22-21-18(28-19)14(2)29-20-23-24-25-26(20)12-15-6-10-17(27-3)11-7-15/h4-11,14H,12H2,1-3H3. The van der Waals surface area contributed by atoms with Gasteiger partial charge in [0.05, 0.1) is 18.9 Å². The first kappa shape index (κ1) is 19.1. The Bertz CT molecular complexity index is 1080. The van der Waals surface area contributed by atoms with E-state index >= 15 is 0 Å². The number of thioether (sulfide) groups is 1. The van der Waals surface area contributed by atoms with Crippen molar-refractivity contribution in [2.24, 2.45) is 0 Å². The molecule has 0 spiro atoms. The number of ether oxygens (including phenoxy) is 1. The Morgan fingerprint density at radius 2 is 1.79 bits per heavy atom. The SMILES string of the molecule is COc1ccc(Cn2nnnc2SC(C)c2nnc(-c3ccc(C)cc3)o2)cc1. The second-order valence-electron chi connectivity index (χ2n) is 6.54. The summed E-state index contributed by atoms with van der Waals surface area (Å²) in [6.45, 7) is 4.59. The van der Waals surface area contributed by atoms with Crippen LogP contribution in [0.5, 0.6) is 5.75 Å². The minimum Gasteiger partial charge on any atom is -0.497 e. The van der Waals surface area contributed by atoms with Crippen LogP contribution in [0.3, 0.4) is 0 Å². The smallest absolute Gasteiger partial charge is 0.247 e. The molecule has 4 aromatic rings. The molecule has 0 aliphatic rings. The number of tetrazole rings is 1. The zero-order chi connectivity index (χ0) is 20.2. The maximum atomic E-state index is 5.87. The van der Waals surface area contributed by atoms with Gasteiger partial charge in [-0.15, -0.1) is 15.3 Å². The summed E-state index contributed by atoms with van der Waals surface area (Å²) < 4.78 is 12.8. The predicted octanol–water partition coefficient (Wildman–Crippen LogP) is 3.94. The first-order chi connectivity index (χ1) is 14.1. The van der Waals surface area contributed by atoms with Crippen LogP contribution in [0.25, 0.3) is 11.5 Å². The molecule has 9 heteroatoms. The molecule has 4 rings (SSSR count). The Hall–Kier alpha value is -3.20. The van der Waals surface area contributed by atoms with Crippen LogP contribution in [-0.2, 0) is 6.54 Å². The number of rotatable bonds is 7. The molecule has 29 heavy (non-hydrogen) atoms. The first-order valence-corrected chi connectivity index (χ1v) is 9.96. The lowest BCUT2D eigenvalue weighted by Crippen LogP contribution is -2.04. The summed E-state index contributed by atoms with van der Waals surface area (Å²) in [7, 11) is 1.65. The number of hydrogen-bond donors (Lipinski definition) is 0. The van der Waals surface area contributed by atoms with Crippen LogP contribution < -0.4 is 4.74 Å². The van der Waals surface area contributed by atoms with E-state index in [1.54, 1.807) is 11.8 Å². The van der Waals surface area contributed by atoms with E-state index in [0.717, 1.165) is 16.9 Å². The number of nitrogens with zero attached hydrogens (tertiary/aromatic N) is 6. The summed E-state index contributed by atoms with van der Waals surface area (Å²) in [4.78, 5) is 0. The Morgan fingerprint density at radius 3 is 2.52 bits per heavy atom. The van der Waals surface area contributed by atoms with Gasteiger partial charge in [0.2, 0.25) is 16.9 Å². The third-order valence-electron chi connectivity index (χ3n) is 4.36. The van der Waals surface area contributed by atoms with Crippen molar-refractivity contribution in [2.45, 2.75) is 30.8 Å². The maximum absolute atomic E-state index is 5.87. The maximum Gasteiger partial charge on any atom is 0.247 e. The van der Waals surface area contributed by atoms with E-state index in [1.807, 2.05) is 62.4 Å². The van der Waals surface area contributed by atoms with Crippen LogP contribution in [0.4, 0.5) is 0 Å². The molecule has 2 aromatic carbocycles. The predicted molar refractivity (Wildman–Crippen MR) is 109 cm³/mol. The monoisotopic (exact) mass is 408 g/mol. The van der Waals surface area contributed by atoms with Crippen LogP contribution in [0.15, 0.2) is 58.1 Å². The number of aromatic nitrogens is 6. The fraction of sp³-hybridized carbons (Fsp3) is 0.250. The van der Waals surface area contributed by atoms with Crippen molar-refractivity contribution < 1.29 is 9.15 Å². The van der Waals surface area contributed by atoms with Gasteiger partial charge < -0.3 is 9.15 Å². The van der Waals surface area contributed by atoms with Crippen LogP contribution >= 0.6 is 11.8 Å². The molecule has 0 amide bonds. The molecule has 148 valence electrons. The van der Waals surface area contributed by atoms with E-state index in [0.29, 0.717) is 23.5 Å². The lowest BCUT2D eigenvalue weighted by molar-refractivity contribution is 0.414. The van der Waals surface area contributed by atoms with E-state index in [1.165, 1.54) is 17.3 Å². The minimum absolute atomic E-state index is 0.0951. The second kappa shape index (κ2) is 8.44. The molecule has 0 saturated heterocycles. The van der Waals surface area contributed by atoms with Gasteiger partial charge in [-0.25, -0.2) is 4.68 Å². The third kappa shape index (κ3) is 4.45. The summed E-state index contributed by atoms with van der Waals surface area (Å²) in [5.74, 6) is 1.85. The summed E-state index contributed by atoms with van der Waals surface area (Å²) >= 11 is 1.47. The average Bonchev–Trinajstić information content (AvgIpc) is 3.39. The normalized spacial score (nSPS) is 12.1. The average molecular weight is 408 g/mol. The molecule has 1 unspecified atom stereocenters. The highest BCUT2D eigenvalue weighted by molar-refractivity contribution is 7.99. The van der Waals surface area contributed by atoms with Gasteiger partial charge in [0, 0.05) is 5.56 Å². The third-order valence-corrected chi connectivity index (χ3v) is 5.42. The largest absolute Gasteiger partial charge is 0.497 e. The molecule has 8 nitrogen and oxygen atoms in total. The van der Waals surface area contributed by atoms with Gasteiger partial charge in [0.15, 0.2) is 0 Å². The number of benzene rings is 2. The highest BCUT2D eigenvalue weighted by Crippen LogP contribution is 2.34. The van der Waals surface area contributed by atoms with Gasteiger partial charge in [-0.05, 0) is 54.1 Å². The molecule has 2 aromatic heterocycles. The number of hydrogen-bond acceptors (Lipinski definition) is 8. The number of aryl methyl sites for hydroxylation is 1. The van der Waals surface area contributed by atoms with Crippen LogP contribution in [0.1, 0.15) is 29.2 Å². The highest BCUT2D eigenvalue weighted by Gasteiger charge is 2.19. The molecule has 2 heterocycles. The van der Waals surface area contributed by atoms with Crippen molar-refractivity contribution in [1.29, 1.82) is 0 Å². The van der Waals surface area contributed by atoms with Crippen molar-refractivity contribution in [3.8, 4) is 17.2 Å². The zero-order valence-electron chi connectivity index (χ0n) is 16.3. The first-order valence-electron chi connectivity index (χ1n) is 9.08. The summed E-state index contributed by atoms with van der Waals surface area (Å²) in [5.41, 5.74) is 3.16. The summed E-state index contributed by atoms with van der Waals surface area (Å²) in [6.07, 6.45) is 0. The van der Waals surface area contributed by atoms with Gasteiger partial charge in [0.1, 0.15) is 5.75 Å². The van der Waals surface area contributed by atoms with E-state index in [2.05, 4.69) is 25.7 Å². The van der Waals surface area contributed by atoms with Gasteiger partial charge in [0.25, 0.3) is 0 Å². The topological polar surface area (TPSA) is 91.8 Å². The lowest BCUT2D eigenvalue weighted by Gasteiger charge is -2.08. The summed E-state index contributed by atoms with van der Waals surface area (Å²) in [6, 6.07) is 15.8. The molecule has 0 aliphatic carbocycles. The Labute approximate surface area is 172 Å². The molecule has 1 atom stereocenters. The molecular weight excluding hydrogens is 388 g/mol. The Balaban J connectivity index is 1.46. The molecule has 0 bridgehead atoms. The van der Waals surface area contributed by atoms with Crippen molar-refractivity contribution >= 4 is 11.8 Å². The van der Waals surface area contributed by atoms with Gasteiger partial charge >= 0.3 is 0 Å². The zero-order valence-corrected chi connectivity index (χ0v) is 17.1. The lowest BCUT2D eigenvalue weighted by atomic mass is 10.1. The van der Waals surface area contributed by atoms with Crippen LogP contribution in [0.2, 0.25) is 0 Å². The molecule has 0 aliphatic heterocycles. The van der Waals surface area contributed by atoms with Gasteiger partial charge in [-0.3, -0.25) is 0 Å². The fourth-order valence-electron chi connectivity index (χ4n) is 2.70. The van der Waals surface area contributed by atoms with Crippen LogP contribution in [-0.4, -0.2) is 37.5 Å². The van der Waals surface area contributed by atoms with Crippen molar-refractivity contribution in [1.82, 2.24) is 30.4 Å². The van der Waals surface area contributed by atoms with Crippen molar-refractivity contribution in [2.75, 3.05) is 7.11 Å². The fourth-order valence-corrected chi connectivity index (χ4v) is 3.52. The minimum atomic E-state index is -0.0951. The quantitative estimate of drug-likeness (QED) is 0.425. The van der Waals surface area contributed by atoms with E-state index in [4.69, 9.17) is 9.15 Å². The Kier molecular flexibility index (Phi) is 5.57. The molecule has 0 saturated carbocycles. The molecule has 0 fully saturated rings. The Morgan fingerprint density at radius 1 is 1.03 bits per heavy atom. The van der Waals surface area contributed by atoms with Gasteiger partial charge in [-0.2, -0.15) is 0 Å². The van der Waals surface area contributed by atoms with Gasteiger partial charge in [-0.1, -0.05) is 41.6 Å². The van der Waals surface area contributed by atoms with E-state index in [-0.39, 0.29) is 5.25 Å². The van der Waals surface area contributed by atoms with E-state index in [9.17, 15) is 0 Å². The molecular formula is C20H20N6O2S. The summed E-state index contributed by atoms with van der Waals surface area (Å²) in [5, 5.41) is 21.0. The highest BCUT2D eigenvalue weighted by atomic mass is 32.2. The second-order valence-corrected chi connectivity index (χ2v) is 7.85. The number of methoxy groups -OCH3 is 1.